The summed E-state index contributed by atoms with van der Waals surface area (Å²) in [5.74, 6) is -5.20. The fourth-order valence-corrected chi connectivity index (χ4v) is 3.16. The lowest BCUT2D eigenvalue weighted by atomic mass is 10.1. The van der Waals surface area contributed by atoms with Crippen molar-refractivity contribution in [2.75, 3.05) is 6.26 Å². The summed E-state index contributed by atoms with van der Waals surface area (Å²) < 4.78 is 117. The highest BCUT2D eigenvalue weighted by atomic mass is 32.2. The van der Waals surface area contributed by atoms with Gasteiger partial charge in [-0.25, -0.2) is 4.98 Å². The van der Waals surface area contributed by atoms with Gasteiger partial charge in [0.2, 0.25) is 0 Å². The molecule has 0 aliphatic carbocycles. The summed E-state index contributed by atoms with van der Waals surface area (Å²) in [6.45, 7) is -1.99. The van der Waals surface area contributed by atoms with Crippen molar-refractivity contribution in [3.63, 3.8) is 0 Å². The third kappa shape index (κ3) is 4.37. The molecule has 15 heteroatoms. The summed E-state index contributed by atoms with van der Waals surface area (Å²) >= 11 is -1.59. The van der Waals surface area contributed by atoms with Crippen molar-refractivity contribution in [1.29, 1.82) is 0 Å². The van der Waals surface area contributed by atoms with Crippen LogP contribution in [0.25, 0.3) is 16.8 Å². The molecular weight excluding hydrogens is 464 g/mol. The van der Waals surface area contributed by atoms with Gasteiger partial charge < -0.3 is 4.55 Å². The molecule has 0 fully saturated rings. The van der Waals surface area contributed by atoms with Gasteiger partial charge in [-0.3, -0.25) is 13.9 Å². The molecule has 0 spiro atoms. The Morgan fingerprint density at radius 2 is 1.77 bits per heavy atom. The Labute approximate surface area is 170 Å². The Kier molecular flexibility index (Phi) is 5.54. The second kappa shape index (κ2) is 7.47. The van der Waals surface area contributed by atoms with Crippen LogP contribution in [0.1, 0.15) is 5.69 Å². The largest absolute Gasteiger partial charge is 0.612 e. The number of pyridine rings is 1. The van der Waals surface area contributed by atoms with E-state index in [4.69, 9.17) is 0 Å². The molecule has 3 aromatic rings. The topological polar surface area (TPSA) is 75.2 Å². The van der Waals surface area contributed by atoms with Crippen molar-refractivity contribution in [2.24, 2.45) is 0 Å². The van der Waals surface area contributed by atoms with E-state index >= 15 is 0 Å². The van der Waals surface area contributed by atoms with E-state index in [2.05, 4.69) is 10.1 Å². The Hall–Kier alpha value is -2.68. The normalized spacial score (nSPS) is 14.3. The van der Waals surface area contributed by atoms with Gasteiger partial charge in [0.1, 0.15) is 18.4 Å². The van der Waals surface area contributed by atoms with E-state index in [-0.39, 0.29) is 9.58 Å². The first-order valence-corrected chi connectivity index (χ1v) is 9.62. The summed E-state index contributed by atoms with van der Waals surface area (Å²) in [5.41, 5.74) is -5.19. The second-order valence-electron chi connectivity index (χ2n) is 6.31. The number of hydrogen-bond donors (Lipinski definition) is 0. The molecular formula is C16H10F8N4O2S. The molecule has 0 radical (unpaired) electrons. The summed E-state index contributed by atoms with van der Waals surface area (Å²) in [6.07, 6.45) is -7.78. The van der Waals surface area contributed by atoms with E-state index in [0.717, 1.165) is 12.3 Å². The van der Waals surface area contributed by atoms with E-state index in [1.807, 2.05) is 0 Å². The van der Waals surface area contributed by atoms with Crippen LogP contribution in [0, 0.1) is 0 Å². The molecule has 3 rings (SSSR count). The molecule has 0 amide bonds. The summed E-state index contributed by atoms with van der Waals surface area (Å²) in [4.78, 5) is 16.2. The molecule has 0 aromatic carbocycles. The van der Waals surface area contributed by atoms with Crippen LogP contribution in [0.4, 0.5) is 35.1 Å². The number of nitrogens with zero attached hydrogens (tertiary/aromatic N) is 4. The van der Waals surface area contributed by atoms with Gasteiger partial charge in [0.05, 0.1) is 11.8 Å². The number of halogens is 8. The second-order valence-corrected chi connectivity index (χ2v) is 7.69. The van der Waals surface area contributed by atoms with Crippen LogP contribution in [0.2, 0.25) is 0 Å². The predicted molar refractivity (Wildman–Crippen MR) is 91.0 cm³/mol. The number of aromatic nitrogens is 4. The molecule has 0 aliphatic heterocycles. The van der Waals surface area contributed by atoms with Gasteiger partial charge >= 0.3 is 18.3 Å². The summed E-state index contributed by atoms with van der Waals surface area (Å²) in [6, 6.07) is 2.21. The lowest BCUT2D eigenvalue weighted by Crippen LogP contribution is -2.40. The average Bonchev–Trinajstić information content (AvgIpc) is 3.06. The summed E-state index contributed by atoms with van der Waals surface area (Å²) in [5, 5.41) is 3.23. The third-order valence-electron chi connectivity index (χ3n) is 4.10. The first-order chi connectivity index (χ1) is 14.1. The zero-order valence-corrected chi connectivity index (χ0v) is 15.9. The summed E-state index contributed by atoms with van der Waals surface area (Å²) in [7, 11) is 0. The van der Waals surface area contributed by atoms with Crippen molar-refractivity contribution < 1.29 is 39.7 Å². The van der Waals surface area contributed by atoms with Gasteiger partial charge in [-0.15, -0.1) is 0 Å². The van der Waals surface area contributed by atoms with Crippen LogP contribution in [-0.2, 0) is 23.9 Å². The Morgan fingerprint density at radius 1 is 1.13 bits per heavy atom. The van der Waals surface area contributed by atoms with Gasteiger partial charge in [-0.05, 0) is 11.2 Å². The van der Waals surface area contributed by atoms with Crippen LogP contribution in [0.3, 0.4) is 0 Å². The highest BCUT2D eigenvalue weighted by Gasteiger charge is 2.57. The number of rotatable bonds is 4. The van der Waals surface area contributed by atoms with Crippen LogP contribution in [0.5, 0.6) is 0 Å². The molecule has 1 atom stereocenters. The molecule has 0 bridgehead atoms. The first kappa shape index (κ1) is 23.0. The Bertz CT molecular complexity index is 1180. The Morgan fingerprint density at radius 3 is 2.32 bits per heavy atom. The van der Waals surface area contributed by atoms with E-state index in [0.29, 0.717) is 16.8 Å². The monoisotopic (exact) mass is 474 g/mol. The molecule has 0 saturated carbocycles. The van der Waals surface area contributed by atoms with E-state index < -0.39 is 64.0 Å². The Balaban J connectivity index is 2.18. The van der Waals surface area contributed by atoms with Crippen LogP contribution >= 0.6 is 0 Å². The maximum Gasteiger partial charge on any atom is 0.455 e. The van der Waals surface area contributed by atoms with Crippen molar-refractivity contribution in [2.45, 2.75) is 29.7 Å². The van der Waals surface area contributed by atoms with Crippen LogP contribution in [-0.4, -0.2) is 42.1 Å². The molecule has 3 aromatic heterocycles. The minimum absolute atomic E-state index is 0.0839. The standard InChI is InChI=1S/C16H10F8N4O2S/c1-31(30)9-2-3-28-10(4-9)26-12(15(19,20)21)11(13(28)29)8-5-25-27(6-8)7-14(17,18)16(22,23)24/h2-6H,7H2,1H3/t31-/m1/s1. The highest BCUT2D eigenvalue weighted by molar-refractivity contribution is 7.90. The van der Waals surface area contributed by atoms with Gasteiger partial charge in [0.25, 0.3) is 5.56 Å². The smallest absolute Gasteiger partial charge is 0.455 e. The predicted octanol–water partition coefficient (Wildman–Crippen LogP) is 3.51. The maximum absolute atomic E-state index is 13.6. The maximum atomic E-state index is 13.6. The number of fused-ring (bicyclic) bond motifs is 1. The zero-order chi connectivity index (χ0) is 23.4. The van der Waals surface area contributed by atoms with Gasteiger partial charge in [0, 0.05) is 30.1 Å². The first-order valence-electron chi connectivity index (χ1n) is 8.06. The average molecular weight is 474 g/mol. The van der Waals surface area contributed by atoms with Crippen molar-refractivity contribution in [3.8, 4) is 11.1 Å². The van der Waals surface area contributed by atoms with Gasteiger partial charge in [0.15, 0.2) is 10.6 Å². The van der Waals surface area contributed by atoms with E-state index in [9.17, 15) is 44.5 Å². The number of alkyl halides is 8. The number of hydrogen-bond acceptors (Lipinski definition) is 4. The van der Waals surface area contributed by atoms with Crippen molar-refractivity contribution >= 4 is 16.8 Å². The van der Waals surface area contributed by atoms with Gasteiger partial charge in [-0.2, -0.15) is 40.2 Å². The quantitative estimate of drug-likeness (QED) is 0.429. The van der Waals surface area contributed by atoms with E-state index in [1.54, 1.807) is 0 Å². The van der Waals surface area contributed by atoms with Crippen molar-refractivity contribution in [3.05, 3.63) is 46.8 Å². The molecule has 0 aliphatic rings. The minimum Gasteiger partial charge on any atom is -0.612 e. The van der Waals surface area contributed by atoms with Crippen LogP contribution in [0.15, 0.2) is 40.4 Å². The molecule has 0 N–H and O–H groups in total. The fourth-order valence-electron chi connectivity index (χ4n) is 2.64. The lowest BCUT2D eigenvalue weighted by Gasteiger charge is -2.19. The molecule has 168 valence electrons. The fraction of sp³-hybridized carbons (Fsp3) is 0.312. The van der Waals surface area contributed by atoms with Crippen LogP contribution < -0.4 is 5.56 Å². The van der Waals surface area contributed by atoms with Crippen molar-refractivity contribution in [1.82, 2.24) is 19.2 Å². The zero-order valence-electron chi connectivity index (χ0n) is 15.1. The molecule has 3 heterocycles. The third-order valence-corrected chi connectivity index (χ3v) is 5.02. The minimum atomic E-state index is -5.91. The highest BCUT2D eigenvalue weighted by Crippen LogP contribution is 2.37. The molecule has 31 heavy (non-hydrogen) atoms. The van der Waals surface area contributed by atoms with E-state index in [1.165, 1.54) is 12.3 Å². The van der Waals surface area contributed by atoms with Gasteiger partial charge in [-0.1, -0.05) is 0 Å². The lowest BCUT2D eigenvalue weighted by molar-refractivity contribution is -0.287. The molecule has 0 saturated heterocycles. The molecule has 6 nitrogen and oxygen atoms in total. The molecule has 0 unspecified atom stereocenters. The SMILES string of the molecule is C[S@@+]([O-])c1ccn2c(=O)c(-c3cnn(CC(F)(F)C(F)(F)F)c3)c(C(F)(F)F)nc2c1.